The van der Waals surface area contributed by atoms with E-state index < -0.39 is 17.8 Å². The molecule has 5 N–H and O–H groups in total. The Labute approximate surface area is 173 Å². The van der Waals surface area contributed by atoms with Crippen LogP contribution in [0.1, 0.15) is 41.7 Å². The quantitative estimate of drug-likeness (QED) is 0.466. The lowest BCUT2D eigenvalue weighted by Crippen LogP contribution is -2.42. The molecule has 8 nitrogen and oxygen atoms in total. The van der Waals surface area contributed by atoms with Crippen LogP contribution in [0.3, 0.4) is 0 Å². The van der Waals surface area contributed by atoms with Gasteiger partial charge in [-0.1, -0.05) is 12.8 Å². The first-order valence-corrected chi connectivity index (χ1v) is 10.3. The molecule has 4 rings (SSSR count). The van der Waals surface area contributed by atoms with Gasteiger partial charge in [-0.15, -0.1) is 16.0 Å². The third-order valence-corrected chi connectivity index (χ3v) is 6.07. The monoisotopic (exact) mass is 440 g/mol. The molecule has 0 unspecified atom stereocenters. The summed E-state index contributed by atoms with van der Waals surface area (Å²) in [6, 6.07) is 0.0761. The van der Waals surface area contributed by atoms with Crippen molar-refractivity contribution in [2.75, 3.05) is 10.6 Å². The Kier molecular flexibility index (Phi) is 5.36. The summed E-state index contributed by atoms with van der Waals surface area (Å²) in [5, 5.41) is 9.57. The zero-order valence-electron chi connectivity index (χ0n) is 16.1. The fourth-order valence-corrected chi connectivity index (χ4v) is 4.50. The molecule has 3 aromatic rings. The highest BCUT2D eigenvalue weighted by atomic mass is 32.1. The summed E-state index contributed by atoms with van der Waals surface area (Å²) in [6.45, 7) is 0. The molecule has 0 aromatic carbocycles. The summed E-state index contributed by atoms with van der Waals surface area (Å²) in [4.78, 5) is 22.1. The molecular formula is C18H21F3N7OS+. The number of aromatic nitrogens is 4. The molecule has 1 aliphatic carbocycles. The van der Waals surface area contributed by atoms with Crippen LogP contribution in [0.2, 0.25) is 0 Å². The molecular weight excluding hydrogens is 419 g/mol. The number of rotatable bonds is 4. The maximum absolute atomic E-state index is 13.3. The Bertz CT molecular complexity index is 1080. The SMILES string of the molecule is C[n+]1[nH]cc(NC(=O)c2csc3ncc(N[C@@H]4CCCC[C@@H]4N)nc23)c1C(F)(F)F. The lowest BCUT2D eigenvalue weighted by atomic mass is 9.91. The van der Waals surface area contributed by atoms with Gasteiger partial charge in [0, 0.05) is 17.5 Å². The number of amides is 1. The number of nitrogens with zero attached hydrogens (tertiary/aromatic N) is 3. The fourth-order valence-electron chi connectivity index (χ4n) is 3.67. The summed E-state index contributed by atoms with van der Waals surface area (Å²) in [6.07, 6.45) is 2.06. The minimum Gasteiger partial charge on any atom is -0.364 e. The van der Waals surface area contributed by atoms with Crippen molar-refractivity contribution in [3.63, 3.8) is 0 Å². The Morgan fingerprint density at radius 1 is 1.37 bits per heavy atom. The minimum absolute atomic E-state index is 0.0108. The molecule has 1 amide bonds. The molecule has 3 heterocycles. The summed E-state index contributed by atoms with van der Waals surface area (Å²) in [5.74, 6) is -0.200. The van der Waals surface area contributed by atoms with Crippen molar-refractivity contribution in [3.8, 4) is 0 Å². The van der Waals surface area contributed by atoms with E-state index in [2.05, 4.69) is 25.7 Å². The molecule has 1 fully saturated rings. The van der Waals surface area contributed by atoms with Crippen molar-refractivity contribution in [1.29, 1.82) is 0 Å². The topological polar surface area (TPSA) is 113 Å². The van der Waals surface area contributed by atoms with Crippen LogP contribution in [-0.2, 0) is 13.2 Å². The van der Waals surface area contributed by atoms with Crippen molar-refractivity contribution in [2.45, 2.75) is 43.9 Å². The van der Waals surface area contributed by atoms with Gasteiger partial charge in [0.15, 0.2) is 7.05 Å². The molecule has 30 heavy (non-hydrogen) atoms. The van der Waals surface area contributed by atoms with Gasteiger partial charge in [-0.2, -0.15) is 18.3 Å². The van der Waals surface area contributed by atoms with E-state index in [1.54, 1.807) is 6.20 Å². The standard InChI is InChI=1S/C18H20F3N7OS/c1-28-15(18(19,20)21)12(6-24-28)26-16(29)9-8-30-17-14(9)27-13(7-23-17)25-11-5-3-2-4-10(11)22/h6-8,10-11H,2-5,22H2,1H3,(H2,25,26,27,29)/p+1/t10-,11+/m0/s1. The molecule has 1 saturated carbocycles. The first-order valence-electron chi connectivity index (χ1n) is 9.46. The van der Waals surface area contributed by atoms with E-state index >= 15 is 0 Å². The second-order valence-electron chi connectivity index (χ2n) is 7.30. The zero-order chi connectivity index (χ0) is 21.5. The maximum atomic E-state index is 13.3. The van der Waals surface area contributed by atoms with Gasteiger partial charge in [-0.3, -0.25) is 4.79 Å². The normalized spacial score (nSPS) is 19.8. The van der Waals surface area contributed by atoms with Crippen LogP contribution in [0.25, 0.3) is 10.3 Å². The van der Waals surface area contributed by atoms with Gasteiger partial charge in [-0.25, -0.2) is 9.97 Å². The summed E-state index contributed by atoms with van der Waals surface area (Å²) in [5.41, 5.74) is 5.33. The van der Waals surface area contributed by atoms with E-state index in [1.807, 2.05) is 0 Å². The predicted octanol–water partition coefficient (Wildman–Crippen LogP) is 2.80. The number of fused-ring (bicyclic) bond motifs is 1. The number of hydrogen-bond acceptors (Lipinski definition) is 6. The van der Waals surface area contributed by atoms with Crippen LogP contribution in [0.4, 0.5) is 24.7 Å². The maximum Gasteiger partial charge on any atom is 0.482 e. The van der Waals surface area contributed by atoms with Crippen LogP contribution in [0, 0.1) is 0 Å². The lowest BCUT2D eigenvalue weighted by Gasteiger charge is -2.29. The number of aryl methyl sites for hydroxylation is 1. The van der Waals surface area contributed by atoms with Crippen molar-refractivity contribution >= 4 is 39.1 Å². The number of anilines is 2. The molecule has 0 spiro atoms. The minimum atomic E-state index is -4.62. The van der Waals surface area contributed by atoms with E-state index in [0.29, 0.717) is 16.2 Å². The van der Waals surface area contributed by atoms with E-state index in [4.69, 9.17) is 5.73 Å². The van der Waals surface area contributed by atoms with E-state index in [9.17, 15) is 18.0 Å². The molecule has 3 aromatic heterocycles. The van der Waals surface area contributed by atoms with Gasteiger partial charge in [-0.05, 0) is 12.8 Å². The van der Waals surface area contributed by atoms with Gasteiger partial charge in [0.25, 0.3) is 5.91 Å². The predicted molar refractivity (Wildman–Crippen MR) is 106 cm³/mol. The van der Waals surface area contributed by atoms with Gasteiger partial charge < -0.3 is 16.4 Å². The highest BCUT2D eigenvalue weighted by Crippen LogP contribution is 2.32. The first kappa shape index (κ1) is 20.5. The number of aromatic amines is 1. The van der Waals surface area contributed by atoms with Crippen molar-refractivity contribution in [2.24, 2.45) is 12.8 Å². The number of nitrogens with two attached hydrogens (primary N) is 1. The van der Waals surface area contributed by atoms with Crippen LogP contribution in [-0.4, -0.2) is 33.1 Å². The average molecular weight is 440 g/mol. The second kappa shape index (κ2) is 7.84. The van der Waals surface area contributed by atoms with Gasteiger partial charge in [0.05, 0.1) is 18.0 Å². The van der Waals surface area contributed by atoms with Gasteiger partial charge >= 0.3 is 11.9 Å². The number of alkyl halides is 3. The van der Waals surface area contributed by atoms with Gasteiger partial charge in [0.1, 0.15) is 21.9 Å². The van der Waals surface area contributed by atoms with Crippen LogP contribution >= 0.6 is 11.3 Å². The molecule has 1 aliphatic rings. The summed E-state index contributed by atoms with van der Waals surface area (Å²) in [7, 11) is 1.22. The molecule has 0 bridgehead atoms. The Morgan fingerprint density at radius 2 is 2.13 bits per heavy atom. The van der Waals surface area contributed by atoms with Crippen LogP contribution in [0.15, 0.2) is 17.8 Å². The zero-order valence-corrected chi connectivity index (χ0v) is 16.9. The largest absolute Gasteiger partial charge is 0.482 e. The third kappa shape index (κ3) is 3.97. The number of H-pyrrole nitrogens is 1. The number of carbonyl (C=O) groups excluding carboxylic acids is 1. The first-order chi connectivity index (χ1) is 14.2. The van der Waals surface area contributed by atoms with E-state index in [-0.39, 0.29) is 23.3 Å². The Hall–Kier alpha value is -2.73. The molecule has 0 saturated heterocycles. The molecule has 160 valence electrons. The highest BCUT2D eigenvalue weighted by Gasteiger charge is 2.45. The number of nitrogens with one attached hydrogen (secondary N) is 3. The number of halogens is 3. The fraction of sp³-hybridized carbons (Fsp3) is 0.444. The summed E-state index contributed by atoms with van der Waals surface area (Å²) < 4.78 is 40.6. The van der Waals surface area contributed by atoms with Gasteiger partial charge in [0.2, 0.25) is 0 Å². The number of carbonyl (C=O) groups is 1. The van der Waals surface area contributed by atoms with Crippen molar-refractivity contribution in [1.82, 2.24) is 15.1 Å². The van der Waals surface area contributed by atoms with Crippen LogP contribution < -0.4 is 21.0 Å². The number of hydrogen-bond donors (Lipinski definition) is 4. The second-order valence-corrected chi connectivity index (χ2v) is 8.16. The molecule has 12 heteroatoms. The smallest absolute Gasteiger partial charge is 0.364 e. The van der Waals surface area contributed by atoms with E-state index in [1.165, 1.54) is 23.8 Å². The van der Waals surface area contributed by atoms with E-state index in [0.717, 1.165) is 36.6 Å². The Morgan fingerprint density at radius 3 is 2.87 bits per heavy atom. The molecule has 0 aliphatic heterocycles. The molecule has 2 atom stereocenters. The molecule has 0 radical (unpaired) electrons. The lowest BCUT2D eigenvalue weighted by molar-refractivity contribution is -0.742. The van der Waals surface area contributed by atoms with Crippen molar-refractivity contribution in [3.05, 3.63) is 29.0 Å². The summed E-state index contributed by atoms with van der Waals surface area (Å²) >= 11 is 1.20. The highest BCUT2D eigenvalue weighted by molar-refractivity contribution is 7.17. The average Bonchev–Trinajstić information content (AvgIpc) is 3.26. The van der Waals surface area contributed by atoms with Crippen molar-refractivity contribution < 1.29 is 22.6 Å². The Balaban J connectivity index is 1.59. The van der Waals surface area contributed by atoms with Crippen LogP contribution in [0.5, 0.6) is 0 Å². The third-order valence-electron chi connectivity index (χ3n) is 5.19. The number of thiophene rings is 1.